The molecule has 0 bridgehead atoms. The van der Waals surface area contributed by atoms with Crippen molar-refractivity contribution in [1.82, 2.24) is 4.90 Å². The van der Waals surface area contributed by atoms with Gasteiger partial charge in [-0.25, -0.2) is 4.79 Å². The van der Waals surface area contributed by atoms with E-state index >= 15 is 0 Å². The standard InChI is InChI=1S/C22H20ClNO5S2/c1-3-16(21(26)27)24-20(25)19(31-22(24)30)11-13-8-9-17(18(10-13)28-2)29-12-14-6-4-5-7-15(14)23/h4-11,16H,3,12H2,1-2H3,(H,26,27)/b19-11-/t16-/m0/s1. The van der Waals surface area contributed by atoms with Crippen LogP contribution in [-0.2, 0) is 16.2 Å². The van der Waals surface area contributed by atoms with Gasteiger partial charge in [-0.3, -0.25) is 9.69 Å². The van der Waals surface area contributed by atoms with E-state index in [1.165, 1.54) is 7.11 Å². The highest BCUT2D eigenvalue weighted by molar-refractivity contribution is 8.26. The van der Waals surface area contributed by atoms with E-state index in [0.29, 0.717) is 27.0 Å². The van der Waals surface area contributed by atoms with Crippen LogP contribution >= 0.6 is 35.6 Å². The van der Waals surface area contributed by atoms with Gasteiger partial charge >= 0.3 is 5.97 Å². The molecule has 0 spiro atoms. The Morgan fingerprint density at radius 2 is 2.03 bits per heavy atom. The number of hydrogen-bond acceptors (Lipinski definition) is 6. The number of benzene rings is 2. The van der Waals surface area contributed by atoms with Gasteiger partial charge in [0.15, 0.2) is 11.5 Å². The van der Waals surface area contributed by atoms with Crippen LogP contribution in [0.2, 0.25) is 5.02 Å². The van der Waals surface area contributed by atoms with Crippen LogP contribution in [0.25, 0.3) is 6.08 Å². The first-order chi connectivity index (χ1) is 14.8. The lowest BCUT2D eigenvalue weighted by atomic mass is 10.1. The molecular weight excluding hydrogens is 458 g/mol. The second kappa shape index (κ2) is 10.2. The zero-order valence-electron chi connectivity index (χ0n) is 16.8. The predicted octanol–water partition coefficient (Wildman–Crippen LogP) is 4.99. The summed E-state index contributed by atoms with van der Waals surface area (Å²) in [6.07, 6.45) is 1.93. The van der Waals surface area contributed by atoms with Crippen LogP contribution in [0.3, 0.4) is 0 Å². The third kappa shape index (κ3) is 5.20. The molecule has 1 aliphatic heterocycles. The SMILES string of the molecule is CC[C@@H](C(=O)O)N1C(=O)/C(=C/c2ccc(OCc3ccccc3Cl)c(OC)c2)SC1=S. The Labute approximate surface area is 194 Å². The molecule has 2 aromatic carbocycles. The molecule has 1 amide bonds. The molecule has 0 radical (unpaired) electrons. The van der Waals surface area contributed by atoms with Crippen LogP contribution in [0.1, 0.15) is 24.5 Å². The summed E-state index contributed by atoms with van der Waals surface area (Å²) in [4.78, 5) is 25.7. The maximum Gasteiger partial charge on any atom is 0.326 e. The quantitative estimate of drug-likeness (QED) is 0.424. The van der Waals surface area contributed by atoms with Crippen LogP contribution in [0.4, 0.5) is 0 Å². The fraction of sp³-hybridized carbons (Fsp3) is 0.227. The van der Waals surface area contributed by atoms with Crippen LogP contribution in [0, 0.1) is 0 Å². The van der Waals surface area contributed by atoms with Gasteiger partial charge in [-0.05, 0) is 36.3 Å². The van der Waals surface area contributed by atoms with Crippen LogP contribution < -0.4 is 9.47 Å². The first-order valence-corrected chi connectivity index (χ1v) is 11.0. The van der Waals surface area contributed by atoms with Crippen molar-refractivity contribution in [3.63, 3.8) is 0 Å². The Bertz CT molecular complexity index is 1060. The molecule has 1 aliphatic rings. The molecule has 2 aromatic rings. The molecule has 1 saturated heterocycles. The van der Waals surface area contributed by atoms with E-state index in [9.17, 15) is 14.7 Å². The Morgan fingerprint density at radius 3 is 2.68 bits per heavy atom. The first kappa shape index (κ1) is 23.1. The number of halogens is 1. The fourth-order valence-corrected chi connectivity index (χ4v) is 4.58. The average molecular weight is 478 g/mol. The van der Waals surface area contributed by atoms with Gasteiger partial charge in [-0.2, -0.15) is 0 Å². The lowest BCUT2D eigenvalue weighted by Crippen LogP contribution is -2.43. The summed E-state index contributed by atoms with van der Waals surface area (Å²) in [6, 6.07) is 11.7. The average Bonchev–Trinajstić information content (AvgIpc) is 3.02. The highest BCUT2D eigenvalue weighted by Crippen LogP contribution is 2.36. The minimum atomic E-state index is -1.08. The molecule has 3 rings (SSSR count). The molecule has 1 atom stereocenters. The Balaban J connectivity index is 1.80. The summed E-state index contributed by atoms with van der Waals surface area (Å²) in [5, 5.41) is 9.99. The minimum absolute atomic E-state index is 0.233. The largest absolute Gasteiger partial charge is 0.493 e. The molecule has 0 aliphatic carbocycles. The number of rotatable bonds is 8. The second-order valence-electron chi connectivity index (χ2n) is 6.60. The lowest BCUT2D eigenvalue weighted by molar-refractivity contribution is -0.145. The number of thiocarbonyl (C=S) groups is 1. The van der Waals surface area contributed by atoms with E-state index in [2.05, 4.69) is 0 Å². The van der Waals surface area contributed by atoms with Crippen molar-refractivity contribution < 1.29 is 24.2 Å². The molecule has 0 saturated carbocycles. The van der Waals surface area contributed by atoms with E-state index in [1.54, 1.807) is 37.3 Å². The summed E-state index contributed by atoms with van der Waals surface area (Å²) >= 11 is 12.5. The van der Waals surface area contributed by atoms with Crippen molar-refractivity contribution in [2.75, 3.05) is 7.11 Å². The van der Waals surface area contributed by atoms with Gasteiger partial charge in [0, 0.05) is 10.6 Å². The third-order valence-corrected chi connectivity index (χ3v) is 6.33. The van der Waals surface area contributed by atoms with E-state index in [-0.39, 0.29) is 17.3 Å². The number of ether oxygens (including phenoxy) is 2. The van der Waals surface area contributed by atoms with Gasteiger partial charge in [0.05, 0.1) is 12.0 Å². The zero-order valence-corrected chi connectivity index (χ0v) is 19.2. The summed E-state index contributed by atoms with van der Waals surface area (Å²) in [5.41, 5.74) is 1.55. The fourth-order valence-electron chi connectivity index (χ4n) is 3.03. The number of carbonyl (C=O) groups excluding carboxylic acids is 1. The van der Waals surface area contributed by atoms with Crippen LogP contribution in [0.15, 0.2) is 47.4 Å². The number of aliphatic carboxylic acids is 1. The highest BCUT2D eigenvalue weighted by Gasteiger charge is 2.39. The van der Waals surface area contributed by atoms with E-state index in [4.69, 9.17) is 33.3 Å². The summed E-state index contributed by atoms with van der Waals surface area (Å²) in [7, 11) is 1.53. The Hall–Kier alpha value is -2.55. The second-order valence-corrected chi connectivity index (χ2v) is 8.69. The topological polar surface area (TPSA) is 76.1 Å². The molecule has 31 heavy (non-hydrogen) atoms. The van der Waals surface area contributed by atoms with Gasteiger partial charge in [-0.1, -0.05) is 66.8 Å². The van der Waals surface area contributed by atoms with Crippen LogP contribution in [-0.4, -0.2) is 39.4 Å². The molecule has 9 heteroatoms. The maximum absolute atomic E-state index is 12.8. The molecule has 1 N–H and O–H groups in total. The minimum Gasteiger partial charge on any atom is -0.493 e. The van der Waals surface area contributed by atoms with Gasteiger partial charge in [0.25, 0.3) is 5.91 Å². The van der Waals surface area contributed by atoms with Crippen molar-refractivity contribution in [2.45, 2.75) is 26.0 Å². The van der Waals surface area contributed by atoms with Crippen molar-refractivity contribution in [1.29, 1.82) is 0 Å². The first-order valence-electron chi connectivity index (χ1n) is 9.39. The molecule has 0 unspecified atom stereocenters. The van der Waals surface area contributed by atoms with Crippen molar-refractivity contribution >= 4 is 57.9 Å². The Kier molecular flexibility index (Phi) is 7.59. The number of hydrogen-bond donors (Lipinski definition) is 1. The molecule has 6 nitrogen and oxygen atoms in total. The number of carbonyl (C=O) groups is 2. The molecule has 1 fully saturated rings. The van der Waals surface area contributed by atoms with Gasteiger partial charge in [0.2, 0.25) is 0 Å². The van der Waals surface area contributed by atoms with E-state index < -0.39 is 17.9 Å². The number of nitrogens with zero attached hydrogens (tertiary/aromatic N) is 1. The van der Waals surface area contributed by atoms with E-state index in [0.717, 1.165) is 22.2 Å². The monoisotopic (exact) mass is 477 g/mol. The van der Waals surface area contributed by atoms with Gasteiger partial charge in [-0.15, -0.1) is 0 Å². The maximum atomic E-state index is 12.8. The highest BCUT2D eigenvalue weighted by atomic mass is 35.5. The van der Waals surface area contributed by atoms with Crippen LogP contribution in [0.5, 0.6) is 11.5 Å². The van der Waals surface area contributed by atoms with Gasteiger partial charge in [0.1, 0.15) is 17.0 Å². The van der Waals surface area contributed by atoms with E-state index in [1.807, 2.05) is 18.2 Å². The normalized spacial score (nSPS) is 16.0. The van der Waals surface area contributed by atoms with Gasteiger partial charge < -0.3 is 14.6 Å². The zero-order chi connectivity index (χ0) is 22.5. The third-order valence-electron chi connectivity index (χ3n) is 4.63. The van der Waals surface area contributed by atoms with Crippen molar-refractivity contribution in [3.05, 3.63) is 63.5 Å². The summed E-state index contributed by atoms with van der Waals surface area (Å²) in [5.74, 6) is -0.471. The number of amides is 1. The molecule has 0 aromatic heterocycles. The predicted molar refractivity (Wildman–Crippen MR) is 126 cm³/mol. The molecule has 1 heterocycles. The van der Waals surface area contributed by atoms with Crippen molar-refractivity contribution in [2.24, 2.45) is 0 Å². The number of thioether (sulfide) groups is 1. The molecule has 162 valence electrons. The number of methoxy groups -OCH3 is 1. The summed E-state index contributed by atoms with van der Waals surface area (Å²) < 4.78 is 11.5. The molecular formula is C22H20ClNO5S2. The van der Waals surface area contributed by atoms with Crippen molar-refractivity contribution in [3.8, 4) is 11.5 Å². The lowest BCUT2D eigenvalue weighted by Gasteiger charge is -2.21. The number of carboxylic acid groups (broad SMARTS) is 1. The Morgan fingerprint density at radius 1 is 1.29 bits per heavy atom. The number of carboxylic acids is 1. The summed E-state index contributed by atoms with van der Waals surface area (Å²) in [6.45, 7) is 1.98. The smallest absolute Gasteiger partial charge is 0.326 e.